The van der Waals surface area contributed by atoms with Gasteiger partial charge in [0.2, 0.25) is 5.91 Å². The minimum Gasteiger partial charge on any atom is -0.481 e. The molecule has 150 valence electrons. The van der Waals surface area contributed by atoms with Crippen molar-refractivity contribution in [1.82, 2.24) is 10.2 Å². The standard InChI is InChI=1S/C19H21ClN2O4S2/c20-14-7-5-13(6-8-14)12-15-18(26)22(19(27)28-15)11-9-16(23)21-10-3-1-2-4-17(24)25/h5-8,12H,1-4,9-11H2,(H,21,23)(H,24,25)/b15-12-. The van der Waals surface area contributed by atoms with Gasteiger partial charge in [0, 0.05) is 31.0 Å². The van der Waals surface area contributed by atoms with Crippen molar-refractivity contribution in [2.24, 2.45) is 0 Å². The molecule has 1 aromatic carbocycles. The van der Waals surface area contributed by atoms with Crippen LogP contribution in [0.25, 0.3) is 6.08 Å². The smallest absolute Gasteiger partial charge is 0.303 e. The number of nitrogens with one attached hydrogen (secondary N) is 1. The van der Waals surface area contributed by atoms with Gasteiger partial charge < -0.3 is 10.4 Å². The van der Waals surface area contributed by atoms with Gasteiger partial charge in [-0.1, -0.05) is 54.1 Å². The molecule has 1 saturated heterocycles. The first-order chi connectivity index (χ1) is 13.4. The summed E-state index contributed by atoms with van der Waals surface area (Å²) in [6, 6.07) is 7.14. The average molecular weight is 441 g/mol. The SMILES string of the molecule is O=C(O)CCCCCNC(=O)CCN1C(=O)/C(=C/c2ccc(Cl)cc2)SC1=S. The number of thioether (sulfide) groups is 1. The number of hydrogen-bond donors (Lipinski definition) is 2. The normalized spacial score (nSPS) is 15.3. The predicted octanol–water partition coefficient (Wildman–Crippen LogP) is 3.69. The highest BCUT2D eigenvalue weighted by molar-refractivity contribution is 8.26. The van der Waals surface area contributed by atoms with E-state index in [1.54, 1.807) is 18.2 Å². The van der Waals surface area contributed by atoms with Gasteiger partial charge in [-0.2, -0.15) is 0 Å². The Morgan fingerprint density at radius 3 is 2.57 bits per heavy atom. The molecule has 0 unspecified atom stereocenters. The second-order valence-electron chi connectivity index (χ2n) is 6.19. The van der Waals surface area contributed by atoms with E-state index >= 15 is 0 Å². The van der Waals surface area contributed by atoms with Gasteiger partial charge in [-0.3, -0.25) is 19.3 Å². The quantitative estimate of drug-likeness (QED) is 0.328. The van der Waals surface area contributed by atoms with E-state index in [0.29, 0.717) is 27.2 Å². The van der Waals surface area contributed by atoms with Gasteiger partial charge in [0.15, 0.2) is 0 Å². The number of carboxylic acid groups (broad SMARTS) is 1. The third-order valence-corrected chi connectivity index (χ3v) is 5.62. The summed E-state index contributed by atoms with van der Waals surface area (Å²) in [5, 5.41) is 12.0. The van der Waals surface area contributed by atoms with Gasteiger partial charge in [0.05, 0.1) is 4.91 Å². The Labute approximate surface area is 178 Å². The number of aliphatic carboxylic acids is 1. The number of rotatable bonds is 10. The lowest BCUT2D eigenvalue weighted by Crippen LogP contribution is -2.33. The topological polar surface area (TPSA) is 86.7 Å². The largest absolute Gasteiger partial charge is 0.481 e. The van der Waals surface area contributed by atoms with Crippen LogP contribution < -0.4 is 5.32 Å². The third-order valence-electron chi connectivity index (χ3n) is 3.99. The average Bonchev–Trinajstić information content (AvgIpc) is 2.91. The van der Waals surface area contributed by atoms with Crippen molar-refractivity contribution in [3.05, 3.63) is 39.8 Å². The molecule has 0 atom stereocenters. The van der Waals surface area contributed by atoms with Gasteiger partial charge in [-0.05, 0) is 36.6 Å². The fourth-order valence-electron chi connectivity index (χ4n) is 2.51. The summed E-state index contributed by atoms with van der Waals surface area (Å²) in [7, 11) is 0. The molecule has 2 N–H and O–H groups in total. The number of benzene rings is 1. The van der Waals surface area contributed by atoms with Crippen LogP contribution >= 0.6 is 35.6 Å². The lowest BCUT2D eigenvalue weighted by atomic mass is 10.2. The number of carboxylic acids is 1. The Kier molecular flexibility index (Phi) is 8.95. The summed E-state index contributed by atoms with van der Waals surface area (Å²) in [4.78, 5) is 36.8. The van der Waals surface area contributed by atoms with Crippen LogP contribution in [-0.4, -0.2) is 45.2 Å². The molecule has 1 fully saturated rings. The molecule has 1 heterocycles. The zero-order valence-corrected chi connectivity index (χ0v) is 17.5. The summed E-state index contributed by atoms with van der Waals surface area (Å²) >= 11 is 12.3. The number of nitrogens with zero attached hydrogens (tertiary/aromatic N) is 1. The van der Waals surface area contributed by atoms with Crippen molar-refractivity contribution >= 4 is 63.8 Å². The maximum atomic E-state index is 12.5. The van der Waals surface area contributed by atoms with Gasteiger partial charge in [0.1, 0.15) is 4.32 Å². The summed E-state index contributed by atoms with van der Waals surface area (Å²) in [5.41, 5.74) is 0.852. The first-order valence-electron chi connectivity index (χ1n) is 8.86. The highest BCUT2D eigenvalue weighted by atomic mass is 35.5. The van der Waals surface area contributed by atoms with Gasteiger partial charge in [0.25, 0.3) is 5.91 Å². The fraction of sp³-hybridized carbons (Fsp3) is 0.368. The fourth-order valence-corrected chi connectivity index (χ4v) is 3.95. The van der Waals surface area contributed by atoms with Crippen molar-refractivity contribution in [3.63, 3.8) is 0 Å². The Bertz CT molecular complexity index is 781. The Morgan fingerprint density at radius 2 is 1.89 bits per heavy atom. The van der Waals surface area contributed by atoms with Gasteiger partial charge in [-0.25, -0.2) is 0 Å². The van der Waals surface area contributed by atoms with E-state index in [1.165, 1.54) is 16.7 Å². The molecule has 2 amide bonds. The molecule has 6 nitrogen and oxygen atoms in total. The van der Waals surface area contributed by atoms with E-state index in [2.05, 4.69) is 5.32 Å². The van der Waals surface area contributed by atoms with Gasteiger partial charge >= 0.3 is 5.97 Å². The second kappa shape index (κ2) is 11.2. The van der Waals surface area contributed by atoms with Crippen LogP contribution in [0.5, 0.6) is 0 Å². The summed E-state index contributed by atoms with van der Waals surface area (Å²) in [6.45, 7) is 0.723. The molecular formula is C19H21ClN2O4S2. The number of unbranched alkanes of at least 4 members (excludes halogenated alkanes) is 2. The first-order valence-corrected chi connectivity index (χ1v) is 10.5. The van der Waals surface area contributed by atoms with E-state index in [0.717, 1.165) is 18.4 Å². The van der Waals surface area contributed by atoms with E-state index in [4.69, 9.17) is 28.9 Å². The minimum atomic E-state index is -0.808. The molecular weight excluding hydrogens is 420 g/mol. The molecule has 9 heteroatoms. The molecule has 1 aliphatic rings. The van der Waals surface area contributed by atoms with Crippen molar-refractivity contribution in [3.8, 4) is 0 Å². The molecule has 1 aromatic rings. The van der Waals surface area contributed by atoms with Crippen molar-refractivity contribution < 1.29 is 19.5 Å². The van der Waals surface area contributed by atoms with Crippen LogP contribution in [0.15, 0.2) is 29.2 Å². The highest BCUT2D eigenvalue weighted by Gasteiger charge is 2.31. The molecule has 0 saturated carbocycles. The van der Waals surface area contributed by atoms with Crippen LogP contribution in [0.3, 0.4) is 0 Å². The number of carbonyl (C=O) groups is 3. The summed E-state index contributed by atoms with van der Waals surface area (Å²) < 4.78 is 0.437. The Hall–Kier alpha value is -1.90. The zero-order valence-electron chi connectivity index (χ0n) is 15.2. The Morgan fingerprint density at radius 1 is 1.18 bits per heavy atom. The van der Waals surface area contributed by atoms with E-state index < -0.39 is 5.97 Å². The first kappa shape index (κ1) is 22.4. The monoisotopic (exact) mass is 440 g/mol. The molecule has 1 aliphatic heterocycles. The summed E-state index contributed by atoms with van der Waals surface area (Å²) in [6.07, 6.45) is 4.14. The highest BCUT2D eigenvalue weighted by Crippen LogP contribution is 2.32. The molecule has 28 heavy (non-hydrogen) atoms. The van der Waals surface area contributed by atoms with E-state index in [-0.39, 0.29) is 31.2 Å². The maximum absolute atomic E-state index is 12.5. The minimum absolute atomic E-state index is 0.145. The van der Waals surface area contributed by atoms with Crippen LogP contribution in [0.1, 0.15) is 37.7 Å². The maximum Gasteiger partial charge on any atom is 0.303 e. The molecule has 0 aromatic heterocycles. The lowest BCUT2D eigenvalue weighted by molar-refractivity contribution is -0.137. The summed E-state index contributed by atoms with van der Waals surface area (Å²) in [5.74, 6) is -1.17. The predicted molar refractivity (Wildman–Crippen MR) is 115 cm³/mol. The molecule has 0 bridgehead atoms. The number of thiocarbonyl (C=S) groups is 1. The number of halogens is 1. The molecule has 0 radical (unpaired) electrons. The number of amides is 2. The van der Waals surface area contributed by atoms with Gasteiger partial charge in [-0.15, -0.1) is 0 Å². The van der Waals surface area contributed by atoms with Crippen molar-refractivity contribution in [2.75, 3.05) is 13.1 Å². The van der Waals surface area contributed by atoms with Crippen LogP contribution in [-0.2, 0) is 14.4 Å². The zero-order chi connectivity index (χ0) is 20.5. The number of hydrogen-bond acceptors (Lipinski definition) is 5. The molecule has 0 spiro atoms. The Balaban J connectivity index is 1.75. The molecule has 2 rings (SSSR count). The van der Waals surface area contributed by atoms with Crippen molar-refractivity contribution in [2.45, 2.75) is 32.1 Å². The number of carbonyl (C=O) groups excluding carboxylic acids is 2. The van der Waals surface area contributed by atoms with Crippen LogP contribution in [0.2, 0.25) is 5.02 Å². The van der Waals surface area contributed by atoms with Crippen molar-refractivity contribution in [1.29, 1.82) is 0 Å². The van der Waals surface area contributed by atoms with E-state index in [9.17, 15) is 14.4 Å². The van der Waals surface area contributed by atoms with Crippen LogP contribution in [0.4, 0.5) is 0 Å². The van der Waals surface area contributed by atoms with E-state index in [1.807, 2.05) is 12.1 Å². The lowest BCUT2D eigenvalue weighted by Gasteiger charge is -2.14. The molecule has 0 aliphatic carbocycles. The third kappa shape index (κ3) is 7.26. The van der Waals surface area contributed by atoms with Crippen LogP contribution in [0, 0.1) is 0 Å². The second-order valence-corrected chi connectivity index (χ2v) is 8.30.